The third-order valence-electron chi connectivity index (χ3n) is 5.44. The van der Waals surface area contributed by atoms with E-state index >= 15 is 0 Å². The first-order chi connectivity index (χ1) is 14.0. The summed E-state index contributed by atoms with van der Waals surface area (Å²) in [6.07, 6.45) is 1.50. The molecule has 4 rings (SSSR count). The van der Waals surface area contributed by atoms with E-state index in [9.17, 15) is 18.7 Å². The molecule has 1 amide bonds. The number of amides is 1. The summed E-state index contributed by atoms with van der Waals surface area (Å²) in [5.41, 5.74) is 2.73. The Labute approximate surface area is 168 Å². The number of phenolic OH excluding ortho intramolecular Hbond substituents is 1. The van der Waals surface area contributed by atoms with Gasteiger partial charge < -0.3 is 10.0 Å². The number of hydrogen-bond donors (Lipinski definition) is 1. The van der Waals surface area contributed by atoms with Crippen LogP contribution in [0.5, 0.6) is 5.75 Å². The monoisotopic (exact) mass is 393 g/mol. The van der Waals surface area contributed by atoms with Crippen LogP contribution in [0.2, 0.25) is 0 Å². The Morgan fingerprint density at radius 3 is 1.97 bits per heavy atom. The number of nitrogens with zero attached hydrogens (tertiary/aromatic N) is 1. The molecule has 1 aliphatic rings. The number of aromatic hydroxyl groups is 1. The molecule has 5 heteroatoms. The molecular weight excluding hydrogens is 372 g/mol. The van der Waals surface area contributed by atoms with Crippen LogP contribution in [0.1, 0.15) is 35.1 Å². The lowest BCUT2D eigenvalue weighted by molar-refractivity contribution is -0.150. The van der Waals surface area contributed by atoms with Crippen molar-refractivity contribution in [3.8, 4) is 5.75 Å². The molecule has 2 atom stereocenters. The standard InChI is InChI=1S/C24H21F2NO2/c25-19-9-3-16(4-10-19)2-1-15-27-23(18-7-13-21(28)14-8-18)22(24(27)29)17-5-11-20(26)12-6-17/h3-14,22-23,28H,1-2,15H2. The first-order valence-electron chi connectivity index (χ1n) is 9.62. The molecular formula is C24H21F2NO2. The van der Waals surface area contributed by atoms with E-state index in [2.05, 4.69) is 0 Å². The highest BCUT2D eigenvalue weighted by molar-refractivity contribution is 5.91. The normalized spacial score (nSPS) is 18.6. The number of carbonyl (C=O) groups is 1. The first-order valence-corrected chi connectivity index (χ1v) is 9.62. The summed E-state index contributed by atoms with van der Waals surface area (Å²) < 4.78 is 26.4. The average molecular weight is 393 g/mol. The third-order valence-corrected chi connectivity index (χ3v) is 5.44. The second-order valence-electron chi connectivity index (χ2n) is 7.33. The van der Waals surface area contributed by atoms with Crippen molar-refractivity contribution in [2.45, 2.75) is 24.8 Å². The fourth-order valence-corrected chi connectivity index (χ4v) is 3.94. The quantitative estimate of drug-likeness (QED) is 0.601. The lowest BCUT2D eigenvalue weighted by atomic mass is 9.77. The van der Waals surface area contributed by atoms with Gasteiger partial charge in [-0.15, -0.1) is 0 Å². The lowest BCUT2D eigenvalue weighted by Crippen LogP contribution is -2.53. The largest absolute Gasteiger partial charge is 0.508 e. The molecule has 29 heavy (non-hydrogen) atoms. The molecule has 3 aromatic rings. The van der Waals surface area contributed by atoms with Gasteiger partial charge >= 0.3 is 0 Å². The first kappa shape index (κ1) is 19.1. The van der Waals surface area contributed by atoms with Gasteiger partial charge in [-0.1, -0.05) is 36.4 Å². The molecule has 148 valence electrons. The number of phenols is 1. The van der Waals surface area contributed by atoms with Gasteiger partial charge in [0.1, 0.15) is 17.4 Å². The van der Waals surface area contributed by atoms with Gasteiger partial charge in [-0.2, -0.15) is 0 Å². The average Bonchev–Trinajstić information content (AvgIpc) is 2.72. The Hall–Kier alpha value is -3.21. The minimum Gasteiger partial charge on any atom is -0.508 e. The van der Waals surface area contributed by atoms with Crippen LogP contribution in [-0.4, -0.2) is 22.5 Å². The second kappa shape index (κ2) is 8.03. The molecule has 2 unspecified atom stereocenters. The number of carbonyl (C=O) groups excluding carboxylic acids is 1. The molecule has 3 aromatic carbocycles. The maximum Gasteiger partial charge on any atom is 0.233 e. The van der Waals surface area contributed by atoms with E-state index in [4.69, 9.17) is 0 Å². The minimum atomic E-state index is -0.369. The maximum absolute atomic E-state index is 13.3. The molecule has 0 radical (unpaired) electrons. The molecule has 0 spiro atoms. The Morgan fingerprint density at radius 2 is 1.34 bits per heavy atom. The van der Waals surface area contributed by atoms with Crippen molar-refractivity contribution in [2.24, 2.45) is 0 Å². The zero-order valence-corrected chi connectivity index (χ0v) is 15.8. The number of halogens is 2. The highest BCUT2D eigenvalue weighted by Crippen LogP contribution is 2.46. The van der Waals surface area contributed by atoms with E-state index in [-0.39, 0.29) is 35.3 Å². The van der Waals surface area contributed by atoms with Crippen LogP contribution in [0, 0.1) is 11.6 Å². The van der Waals surface area contributed by atoms with E-state index < -0.39 is 0 Å². The summed E-state index contributed by atoms with van der Waals surface area (Å²) in [6, 6.07) is 19.1. The van der Waals surface area contributed by atoms with Gasteiger partial charge in [0.15, 0.2) is 0 Å². The van der Waals surface area contributed by atoms with Crippen molar-refractivity contribution in [2.75, 3.05) is 6.54 Å². The van der Waals surface area contributed by atoms with Gasteiger partial charge in [0.2, 0.25) is 5.91 Å². The second-order valence-corrected chi connectivity index (χ2v) is 7.33. The molecule has 0 aliphatic carbocycles. The summed E-state index contributed by atoms with van der Waals surface area (Å²) in [5, 5.41) is 9.60. The van der Waals surface area contributed by atoms with Crippen LogP contribution in [0.4, 0.5) is 8.78 Å². The molecule has 1 saturated heterocycles. The molecule has 1 aliphatic heterocycles. The van der Waals surface area contributed by atoms with Crippen LogP contribution in [0.3, 0.4) is 0 Å². The molecule has 0 bridgehead atoms. The molecule has 0 saturated carbocycles. The van der Waals surface area contributed by atoms with E-state index in [0.29, 0.717) is 6.54 Å². The van der Waals surface area contributed by atoms with Crippen LogP contribution in [0.15, 0.2) is 72.8 Å². The lowest BCUT2D eigenvalue weighted by Gasteiger charge is -2.48. The van der Waals surface area contributed by atoms with Gasteiger partial charge in [-0.3, -0.25) is 4.79 Å². The zero-order chi connectivity index (χ0) is 20.4. The Bertz CT molecular complexity index is 985. The summed E-state index contributed by atoms with van der Waals surface area (Å²) in [4.78, 5) is 14.7. The number of aryl methyl sites for hydroxylation is 1. The van der Waals surface area contributed by atoms with Gasteiger partial charge in [0, 0.05) is 6.54 Å². The third kappa shape index (κ3) is 3.99. The number of benzene rings is 3. The predicted octanol–water partition coefficient (Wildman–Crippen LogP) is 4.97. The van der Waals surface area contributed by atoms with Crippen molar-refractivity contribution in [1.29, 1.82) is 0 Å². The smallest absolute Gasteiger partial charge is 0.233 e. The van der Waals surface area contributed by atoms with Crippen molar-refractivity contribution in [1.82, 2.24) is 4.90 Å². The van der Waals surface area contributed by atoms with E-state index in [0.717, 1.165) is 29.5 Å². The molecule has 0 aromatic heterocycles. The molecule has 1 heterocycles. The minimum absolute atomic E-state index is 0.00814. The molecule has 3 nitrogen and oxygen atoms in total. The van der Waals surface area contributed by atoms with Crippen LogP contribution >= 0.6 is 0 Å². The summed E-state index contributed by atoms with van der Waals surface area (Å²) in [7, 11) is 0. The van der Waals surface area contributed by atoms with Crippen molar-refractivity contribution >= 4 is 5.91 Å². The zero-order valence-electron chi connectivity index (χ0n) is 15.8. The van der Waals surface area contributed by atoms with Crippen LogP contribution in [-0.2, 0) is 11.2 Å². The van der Waals surface area contributed by atoms with Gasteiger partial charge in [-0.25, -0.2) is 8.78 Å². The number of likely N-dealkylation sites (tertiary alicyclic amines) is 1. The number of rotatable bonds is 6. The van der Waals surface area contributed by atoms with Gasteiger partial charge in [-0.05, 0) is 65.9 Å². The summed E-state index contributed by atoms with van der Waals surface area (Å²) in [6.45, 7) is 0.569. The fraction of sp³-hybridized carbons (Fsp3) is 0.208. The van der Waals surface area contributed by atoms with Crippen molar-refractivity contribution in [3.05, 3.63) is 101 Å². The topological polar surface area (TPSA) is 40.5 Å². The van der Waals surface area contributed by atoms with Crippen molar-refractivity contribution in [3.63, 3.8) is 0 Å². The van der Waals surface area contributed by atoms with Gasteiger partial charge in [0.05, 0.1) is 12.0 Å². The van der Waals surface area contributed by atoms with Crippen LogP contribution < -0.4 is 0 Å². The summed E-state index contributed by atoms with van der Waals surface area (Å²) in [5.74, 6) is -0.792. The Kier molecular flexibility index (Phi) is 5.30. The molecule has 1 N–H and O–H groups in total. The summed E-state index contributed by atoms with van der Waals surface area (Å²) >= 11 is 0. The number of β-lactam (4-membered cyclic amide) rings is 1. The SMILES string of the molecule is O=C1C(c2ccc(F)cc2)C(c2ccc(O)cc2)N1CCCc1ccc(F)cc1. The van der Waals surface area contributed by atoms with E-state index in [1.807, 2.05) is 17.0 Å². The number of hydrogen-bond acceptors (Lipinski definition) is 2. The van der Waals surface area contributed by atoms with Crippen molar-refractivity contribution < 1.29 is 18.7 Å². The maximum atomic E-state index is 13.3. The van der Waals surface area contributed by atoms with E-state index in [1.54, 1.807) is 36.4 Å². The predicted molar refractivity (Wildman–Crippen MR) is 106 cm³/mol. The molecule has 1 fully saturated rings. The Morgan fingerprint density at radius 1 is 0.793 bits per heavy atom. The highest BCUT2D eigenvalue weighted by atomic mass is 19.1. The fourth-order valence-electron chi connectivity index (χ4n) is 3.94. The van der Waals surface area contributed by atoms with Crippen LogP contribution in [0.25, 0.3) is 0 Å². The van der Waals surface area contributed by atoms with Gasteiger partial charge in [0.25, 0.3) is 0 Å². The van der Waals surface area contributed by atoms with E-state index in [1.165, 1.54) is 24.3 Å². The highest BCUT2D eigenvalue weighted by Gasteiger charge is 2.48. The Balaban J connectivity index is 1.52.